The topological polar surface area (TPSA) is 49.8 Å². The van der Waals surface area contributed by atoms with E-state index in [9.17, 15) is 9.90 Å². The zero-order valence-corrected chi connectivity index (χ0v) is 10.2. The van der Waals surface area contributed by atoms with E-state index >= 15 is 0 Å². The van der Waals surface area contributed by atoms with Gasteiger partial charge >= 0.3 is 5.97 Å². The maximum atomic E-state index is 11.4. The van der Waals surface area contributed by atoms with Gasteiger partial charge in [0.2, 0.25) is 0 Å². The Bertz CT molecular complexity index is 173. The lowest BCUT2D eigenvalue weighted by atomic mass is 10.2. The second kappa shape index (κ2) is 7.65. The Morgan fingerprint density at radius 1 is 1.40 bits per heavy atom. The molecule has 0 radical (unpaired) electrons. The third-order valence-corrected chi connectivity index (χ3v) is 2.16. The van der Waals surface area contributed by atoms with Crippen LogP contribution in [0.15, 0.2) is 0 Å². The Hall–Kier alpha value is -0.610. The molecule has 0 bridgehead atoms. The highest BCUT2D eigenvalue weighted by atomic mass is 16.6. The number of likely N-dealkylation sites (N-methyl/N-ethyl adjacent to an activating group) is 1. The average molecular weight is 217 g/mol. The first-order chi connectivity index (χ1) is 6.99. The summed E-state index contributed by atoms with van der Waals surface area (Å²) in [7, 11) is 3.55. The minimum absolute atomic E-state index is 0.233. The fraction of sp³-hybridized carbons (Fsp3) is 0.909. The molecule has 4 nitrogen and oxygen atoms in total. The predicted molar refractivity (Wildman–Crippen MR) is 59.4 cm³/mol. The summed E-state index contributed by atoms with van der Waals surface area (Å²) in [6, 6.07) is 0. The summed E-state index contributed by atoms with van der Waals surface area (Å²) >= 11 is 0. The van der Waals surface area contributed by atoms with E-state index in [1.165, 1.54) is 0 Å². The van der Waals surface area contributed by atoms with E-state index in [4.69, 9.17) is 4.74 Å². The first-order valence-corrected chi connectivity index (χ1v) is 5.53. The van der Waals surface area contributed by atoms with E-state index < -0.39 is 12.3 Å². The normalized spacial score (nSPS) is 15.1. The maximum absolute atomic E-state index is 11.4. The number of hydrogen-bond donors (Lipinski definition) is 1. The second-order valence-electron chi connectivity index (χ2n) is 4.04. The van der Waals surface area contributed by atoms with Crippen LogP contribution in [0.4, 0.5) is 0 Å². The number of aliphatic hydroxyl groups excluding tert-OH is 1. The van der Waals surface area contributed by atoms with Gasteiger partial charge in [-0.05, 0) is 27.4 Å². The third-order valence-electron chi connectivity index (χ3n) is 2.16. The highest BCUT2D eigenvalue weighted by molar-refractivity contribution is 5.69. The molecule has 90 valence electrons. The van der Waals surface area contributed by atoms with Crippen LogP contribution in [0.5, 0.6) is 0 Å². The maximum Gasteiger partial charge on any atom is 0.307 e. The second-order valence-corrected chi connectivity index (χ2v) is 4.04. The van der Waals surface area contributed by atoms with Crippen LogP contribution in [0.2, 0.25) is 0 Å². The summed E-state index contributed by atoms with van der Waals surface area (Å²) in [4.78, 5) is 13.1. The third kappa shape index (κ3) is 6.47. The highest BCUT2D eigenvalue weighted by Crippen LogP contribution is 2.07. The molecule has 0 aliphatic rings. The molecule has 1 N–H and O–H groups in total. The first kappa shape index (κ1) is 14.4. The van der Waals surface area contributed by atoms with Crippen molar-refractivity contribution in [2.75, 3.05) is 14.1 Å². The van der Waals surface area contributed by atoms with Crippen LogP contribution in [0.1, 0.15) is 39.5 Å². The summed E-state index contributed by atoms with van der Waals surface area (Å²) in [5.74, 6) is -0.233. The van der Waals surface area contributed by atoms with Gasteiger partial charge in [0.05, 0.1) is 0 Å². The number of rotatable bonds is 7. The Balaban J connectivity index is 3.90. The van der Waals surface area contributed by atoms with E-state index in [0.29, 0.717) is 6.42 Å². The van der Waals surface area contributed by atoms with Crippen LogP contribution in [0, 0.1) is 0 Å². The number of esters is 1. The average Bonchev–Trinajstić information content (AvgIpc) is 2.13. The summed E-state index contributed by atoms with van der Waals surface area (Å²) < 4.78 is 5.16. The zero-order valence-electron chi connectivity index (χ0n) is 10.2. The lowest BCUT2D eigenvalue weighted by Crippen LogP contribution is -2.41. The number of carbonyl (C=O) groups is 1. The van der Waals surface area contributed by atoms with E-state index in [-0.39, 0.29) is 5.97 Å². The Kier molecular flexibility index (Phi) is 7.34. The van der Waals surface area contributed by atoms with Crippen LogP contribution in [-0.4, -0.2) is 42.4 Å². The van der Waals surface area contributed by atoms with Gasteiger partial charge in [0.25, 0.3) is 0 Å². The molecule has 0 saturated heterocycles. The number of nitrogens with zero attached hydrogens (tertiary/aromatic N) is 1. The summed E-state index contributed by atoms with van der Waals surface area (Å²) in [6.07, 6.45) is 2.20. The van der Waals surface area contributed by atoms with Gasteiger partial charge in [0.1, 0.15) is 6.10 Å². The van der Waals surface area contributed by atoms with Gasteiger partial charge in [-0.2, -0.15) is 0 Å². The lowest BCUT2D eigenvalue weighted by Gasteiger charge is -2.26. The number of carbonyl (C=O) groups excluding carboxylic acids is 1. The van der Waals surface area contributed by atoms with E-state index in [2.05, 4.69) is 6.92 Å². The van der Waals surface area contributed by atoms with Gasteiger partial charge in [0, 0.05) is 6.42 Å². The number of aliphatic hydroxyl groups is 1. The first-order valence-electron chi connectivity index (χ1n) is 5.53. The number of ether oxygens (including phenoxy) is 1. The fourth-order valence-electron chi connectivity index (χ4n) is 1.35. The van der Waals surface area contributed by atoms with Crippen LogP contribution < -0.4 is 0 Å². The molecule has 0 fully saturated rings. The smallest absolute Gasteiger partial charge is 0.307 e. The van der Waals surface area contributed by atoms with Crippen molar-refractivity contribution in [2.24, 2.45) is 0 Å². The SMILES string of the molecule is CCCCCC(=O)OC(C(C)O)N(C)C. The molecule has 0 aromatic rings. The molecule has 0 spiro atoms. The molecule has 0 amide bonds. The van der Waals surface area contributed by atoms with Crippen molar-refractivity contribution in [1.29, 1.82) is 0 Å². The minimum atomic E-state index is -0.671. The molecule has 0 saturated carbocycles. The summed E-state index contributed by atoms with van der Waals surface area (Å²) in [5, 5.41) is 9.38. The molecule has 4 heteroatoms. The quantitative estimate of drug-likeness (QED) is 0.397. The van der Waals surface area contributed by atoms with Crippen molar-refractivity contribution in [3.8, 4) is 0 Å². The van der Waals surface area contributed by atoms with Crippen LogP contribution in [0.25, 0.3) is 0 Å². The number of unbranched alkanes of at least 4 members (excludes halogenated alkanes) is 2. The zero-order chi connectivity index (χ0) is 11.8. The van der Waals surface area contributed by atoms with E-state index in [1.807, 2.05) is 0 Å². The van der Waals surface area contributed by atoms with Gasteiger partial charge in [-0.15, -0.1) is 0 Å². The van der Waals surface area contributed by atoms with Crippen molar-refractivity contribution < 1.29 is 14.6 Å². The van der Waals surface area contributed by atoms with Crippen molar-refractivity contribution in [2.45, 2.75) is 51.9 Å². The lowest BCUT2D eigenvalue weighted by molar-refractivity contribution is -0.167. The van der Waals surface area contributed by atoms with Crippen molar-refractivity contribution in [3.05, 3.63) is 0 Å². The molecule has 2 unspecified atom stereocenters. The monoisotopic (exact) mass is 217 g/mol. The number of hydrogen-bond acceptors (Lipinski definition) is 4. The minimum Gasteiger partial charge on any atom is -0.444 e. The van der Waals surface area contributed by atoms with Crippen molar-refractivity contribution in [1.82, 2.24) is 4.90 Å². The summed E-state index contributed by atoms with van der Waals surface area (Å²) in [6.45, 7) is 3.70. The molecular formula is C11H23NO3. The Morgan fingerprint density at radius 3 is 2.40 bits per heavy atom. The molecular weight excluding hydrogens is 194 g/mol. The Morgan fingerprint density at radius 2 is 2.00 bits per heavy atom. The molecule has 0 aromatic carbocycles. The molecule has 0 aromatic heterocycles. The predicted octanol–water partition coefficient (Wildman–Crippen LogP) is 1.38. The highest BCUT2D eigenvalue weighted by Gasteiger charge is 2.21. The fourth-order valence-corrected chi connectivity index (χ4v) is 1.35. The van der Waals surface area contributed by atoms with Crippen LogP contribution >= 0.6 is 0 Å². The summed E-state index contributed by atoms with van der Waals surface area (Å²) in [5.41, 5.74) is 0. The van der Waals surface area contributed by atoms with Gasteiger partial charge in [-0.1, -0.05) is 19.8 Å². The molecule has 2 atom stereocenters. The van der Waals surface area contributed by atoms with Gasteiger partial charge in [0.15, 0.2) is 6.23 Å². The van der Waals surface area contributed by atoms with E-state index in [0.717, 1.165) is 19.3 Å². The molecule has 0 rings (SSSR count). The molecule has 0 heterocycles. The van der Waals surface area contributed by atoms with Crippen LogP contribution in [-0.2, 0) is 9.53 Å². The van der Waals surface area contributed by atoms with Gasteiger partial charge < -0.3 is 9.84 Å². The van der Waals surface area contributed by atoms with Gasteiger partial charge in [-0.3, -0.25) is 9.69 Å². The van der Waals surface area contributed by atoms with Crippen molar-refractivity contribution in [3.63, 3.8) is 0 Å². The van der Waals surface area contributed by atoms with Crippen LogP contribution in [0.3, 0.4) is 0 Å². The largest absolute Gasteiger partial charge is 0.444 e. The molecule has 0 aliphatic heterocycles. The van der Waals surface area contributed by atoms with Gasteiger partial charge in [-0.25, -0.2) is 0 Å². The van der Waals surface area contributed by atoms with E-state index in [1.54, 1.807) is 25.9 Å². The standard InChI is InChI=1S/C11H23NO3/c1-5-6-7-8-10(14)15-11(9(2)13)12(3)4/h9,11,13H,5-8H2,1-4H3. The molecule has 0 aliphatic carbocycles. The Labute approximate surface area is 92.2 Å². The molecule has 15 heavy (non-hydrogen) atoms. The van der Waals surface area contributed by atoms with Crippen molar-refractivity contribution >= 4 is 5.97 Å².